The smallest absolute Gasteiger partial charge is 0.337 e. The Morgan fingerprint density at radius 2 is 0.859 bits per heavy atom. The number of carbonyl (C=O) groups is 4. The number of ether oxygens (including phenoxy) is 3. The second-order valence-corrected chi connectivity index (χ2v) is 33.9. The van der Waals surface area contributed by atoms with Crippen LogP contribution in [0.1, 0.15) is 84.1 Å². The maximum atomic E-state index is 11.9. The summed E-state index contributed by atoms with van der Waals surface area (Å²) in [6, 6.07) is 76.5. The van der Waals surface area contributed by atoms with Gasteiger partial charge in [-0.15, -0.1) is 0 Å². The van der Waals surface area contributed by atoms with Gasteiger partial charge >= 0.3 is 17.9 Å². The Balaban J connectivity index is 0.000000117. The number of aliphatic hydroxyl groups is 1. The number of hydrogen-bond donors (Lipinski definition) is 9. The lowest BCUT2D eigenvalue weighted by atomic mass is 9.93. The number of Topliss-reactive ketones (excluding diaryl/α,β-unsaturated/α-hetero) is 1. The SMILES string of the molecule is CC(=O)c1ccc2c(c1)nc(Nc1ccccc1)c1nc(NC3CC3)ncc12.CNc1ncc2c(n1)c(Nc1ccccc1)nc1cc(C(=O)OC)ccc12.COC(=O)c1ccc2c(c1)nc(Nc1ccccc1)c1nc(S(C)(=O)=O)ncc12.COC(=O)c1ccc2c(c1)nc(Nc1ccccc1)c1nc(SC)ncc12.Cc1cccc(NC2Nc3cc(CO)ccc3-c3cnccc32)c1. The van der Waals surface area contributed by atoms with E-state index in [0.717, 1.165) is 124 Å². The summed E-state index contributed by atoms with van der Waals surface area (Å²) in [7, 11) is 2.20. The molecule has 2 aliphatic rings. The fourth-order valence-corrected chi connectivity index (χ4v) is 15.9. The summed E-state index contributed by atoms with van der Waals surface area (Å²) in [6.45, 7) is 3.68. The number of benzene rings is 10. The fraction of sp³-hybridized carbons (Fsp3) is 0.127. The number of nitrogens with zero attached hydrogens (tertiary/aromatic N) is 13. The number of fused-ring (bicyclic) bond motifs is 15. The lowest BCUT2D eigenvalue weighted by molar-refractivity contribution is 0.0592. The third kappa shape index (κ3) is 20.6. The second-order valence-electron chi connectivity index (χ2n) is 31.2. The summed E-state index contributed by atoms with van der Waals surface area (Å²) < 4.78 is 38.3. The average Bonchev–Trinajstić information content (AvgIpc) is 1.76. The van der Waals surface area contributed by atoms with Crippen molar-refractivity contribution in [1.29, 1.82) is 0 Å². The van der Waals surface area contributed by atoms with Gasteiger partial charge in [-0.05, 0) is 159 Å². The van der Waals surface area contributed by atoms with Gasteiger partial charge in [0.25, 0.3) is 0 Å². The van der Waals surface area contributed by atoms with Crippen LogP contribution in [0.2, 0.25) is 0 Å². The van der Waals surface area contributed by atoms with Gasteiger partial charge in [0.05, 0.1) is 66.7 Å². The van der Waals surface area contributed by atoms with E-state index < -0.39 is 27.7 Å². The number of methoxy groups -OCH3 is 3. The number of carbonyl (C=O) groups excluding carboxylic acids is 4. The molecule has 0 spiro atoms. The maximum absolute atomic E-state index is 11.9. The molecule has 10 heterocycles. The number of rotatable bonds is 20. The molecule has 1 unspecified atom stereocenters. The first-order valence-electron chi connectivity index (χ1n) is 42.6. The molecule has 33 heteroatoms. The minimum Gasteiger partial charge on any atom is -0.465 e. The molecule has 10 aromatic carbocycles. The summed E-state index contributed by atoms with van der Waals surface area (Å²) in [5, 5.41) is 42.9. The molecule has 1 fully saturated rings. The van der Waals surface area contributed by atoms with Gasteiger partial charge in [0, 0.05) is 156 Å². The number of anilines is 12. The standard InChI is InChI=1S/C22H19N5O.C20H17N5O2.C20H16N4O4S.C20H16N4O2S.C20H19N3O/c1-13(28)14-7-10-17-18-12-23-22(25-16-8-9-16)27-20(18)21(26-19(17)11-14)24-15-5-3-2-4-6-15;1-21-20-22-11-15-14-9-8-12(19(26)27-2)10-16(14)24-18(17(15)25-20)23-13-6-4-3-5-7-13;1-28-19(25)12-8-9-14-15-11-21-20(29(2,26)27)24-17(15)18(23-16(14)10-12)22-13-6-4-3-5-7-13;1-26-19(25)12-8-9-14-15-11-21-20(27-2)24-17(15)18(23-16(14)10-12)22-13-6-4-3-5-7-13;1-13-3-2-4-15(9-13)22-20-17-7-8-21-11-18(17)16-6-5-14(12-24)10-19(16)23-20/h2-7,10-12,16H,8-9H2,1H3,(H,24,26)(H,23,25,27);3-11H,1-2H3,(H,23,24)(H,21,22,25);3-11H,1-2H3,(H,22,23);3-11H,1-2H3,(H,22,23);2-11,20,22-24H,12H2,1H3. The topological polar surface area (TPSA) is 414 Å². The number of aromatic nitrogens is 13. The largest absolute Gasteiger partial charge is 0.465 e. The highest BCUT2D eigenvalue weighted by Crippen LogP contribution is 2.43. The fourth-order valence-electron chi connectivity index (χ4n) is 15.1. The second kappa shape index (κ2) is 40.2. The highest BCUT2D eigenvalue weighted by atomic mass is 32.2. The minimum atomic E-state index is -3.60. The van der Waals surface area contributed by atoms with Crippen LogP contribution in [-0.4, -0.2) is 149 Å². The average molecular weight is 1830 g/mol. The molecule has 135 heavy (non-hydrogen) atoms. The minimum absolute atomic E-state index is 0.0154. The zero-order valence-electron chi connectivity index (χ0n) is 74.1. The first kappa shape index (κ1) is 90.0. The summed E-state index contributed by atoms with van der Waals surface area (Å²) >= 11 is 1.47. The van der Waals surface area contributed by atoms with Crippen LogP contribution in [0.5, 0.6) is 0 Å². The van der Waals surface area contributed by atoms with Crippen molar-refractivity contribution >= 4 is 202 Å². The van der Waals surface area contributed by atoms with E-state index in [4.69, 9.17) is 34.1 Å². The van der Waals surface area contributed by atoms with E-state index in [1.165, 1.54) is 44.9 Å². The summed E-state index contributed by atoms with van der Waals surface area (Å²) in [4.78, 5) is 106. The van der Waals surface area contributed by atoms with Crippen molar-refractivity contribution < 1.29 is 46.9 Å². The molecule has 1 aliphatic heterocycles. The van der Waals surface area contributed by atoms with E-state index in [1.54, 1.807) is 68.8 Å². The van der Waals surface area contributed by atoms with E-state index in [2.05, 4.69) is 113 Å². The number of para-hydroxylation sites is 4. The Morgan fingerprint density at radius 1 is 0.437 bits per heavy atom. The van der Waals surface area contributed by atoms with Crippen molar-refractivity contribution in [3.05, 3.63) is 319 Å². The highest BCUT2D eigenvalue weighted by Gasteiger charge is 2.28. The van der Waals surface area contributed by atoms with Crippen LogP contribution in [0.4, 0.5) is 69.3 Å². The van der Waals surface area contributed by atoms with Crippen molar-refractivity contribution in [2.75, 3.05) is 83.4 Å². The number of sulfone groups is 1. The van der Waals surface area contributed by atoms with Gasteiger partial charge in [0.2, 0.25) is 26.9 Å². The van der Waals surface area contributed by atoms with Crippen molar-refractivity contribution in [2.24, 2.45) is 0 Å². The van der Waals surface area contributed by atoms with Crippen LogP contribution in [-0.2, 0) is 30.7 Å². The molecule has 9 N–H and O–H groups in total. The van der Waals surface area contributed by atoms with Crippen LogP contribution in [0.25, 0.3) is 98.4 Å². The van der Waals surface area contributed by atoms with Gasteiger partial charge in [-0.1, -0.05) is 139 Å². The first-order chi connectivity index (χ1) is 65.7. The number of nitrogens with one attached hydrogen (secondary N) is 8. The Bertz CT molecular complexity index is 7700. The van der Waals surface area contributed by atoms with E-state index in [-0.39, 0.29) is 23.7 Å². The van der Waals surface area contributed by atoms with Crippen molar-refractivity contribution in [2.45, 2.75) is 55.8 Å². The van der Waals surface area contributed by atoms with Crippen molar-refractivity contribution in [1.82, 2.24) is 64.8 Å². The molecular formula is C102H87N21O10S2. The molecule has 19 aromatic rings. The third-order valence-corrected chi connectivity index (χ3v) is 23.3. The van der Waals surface area contributed by atoms with Crippen LogP contribution in [0.3, 0.4) is 0 Å². The molecule has 0 bridgehead atoms. The molecule has 1 saturated carbocycles. The van der Waals surface area contributed by atoms with Crippen LogP contribution in [0.15, 0.2) is 290 Å². The number of aryl methyl sites for hydroxylation is 1. The van der Waals surface area contributed by atoms with Crippen molar-refractivity contribution in [3.8, 4) is 11.1 Å². The summed E-state index contributed by atoms with van der Waals surface area (Å²) in [5.41, 5.74) is 18.0. The normalized spacial score (nSPS) is 12.3. The number of thioether (sulfide) groups is 1. The summed E-state index contributed by atoms with van der Waals surface area (Å²) in [5.74, 6) is 2.07. The van der Waals surface area contributed by atoms with Crippen LogP contribution >= 0.6 is 11.8 Å². The Morgan fingerprint density at radius 3 is 1.29 bits per heavy atom. The van der Waals surface area contributed by atoms with Gasteiger partial charge < -0.3 is 61.9 Å². The van der Waals surface area contributed by atoms with Crippen molar-refractivity contribution in [3.63, 3.8) is 0 Å². The molecule has 1 aliphatic carbocycles. The van der Waals surface area contributed by atoms with E-state index in [1.807, 2.05) is 207 Å². The first-order valence-corrected chi connectivity index (χ1v) is 45.7. The molecule has 31 nitrogen and oxygen atoms in total. The summed E-state index contributed by atoms with van der Waals surface area (Å²) in [6.07, 6.45) is 15.8. The number of aliphatic hydroxyl groups excluding tert-OH is 1. The lowest BCUT2D eigenvalue weighted by Crippen LogP contribution is -2.24. The number of hydrogen-bond acceptors (Lipinski definition) is 32. The predicted octanol–water partition coefficient (Wildman–Crippen LogP) is 20.1. The van der Waals surface area contributed by atoms with Crippen LogP contribution in [0, 0.1) is 6.92 Å². The molecule has 0 radical (unpaired) electrons. The molecule has 672 valence electrons. The molecule has 1 atom stereocenters. The molecule has 0 amide bonds. The van der Waals surface area contributed by atoms with E-state index in [9.17, 15) is 32.7 Å². The highest BCUT2D eigenvalue weighted by molar-refractivity contribution is 7.98. The molecule has 9 aromatic heterocycles. The molecule has 0 saturated heterocycles. The quantitative estimate of drug-likeness (QED) is 0.00854. The predicted molar refractivity (Wildman–Crippen MR) is 530 cm³/mol. The monoisotopic (exact) mass is 1830 g/mol. The van der Waals surface area contributed by atoms with Gasteiger partial charge in [0.1, 0.15) is 28.2 Å². The van der Waals surface area contributed by atoms with Gasteiger partial charge in [-0.3, -0.25) is 9.78 Å². The molecule has 21 rings (SSSR count). The maximum Gasteiger partial charge on any atom is 0.337 e. The number of ketones is 1. The van der Waals surface area contributed by atoms with Gasteiger partial charge in [-0.2, -0.15) is 0 Å². The zero-order valence-corrected chi connectivity index (χ0v) is 75.7. The number of pyridine rings is 5. The van der Waals surface area contributed by atoms with Crippen LogP contribution < -0.4 is 42.5 Å². The van der Waals surface area contributed by atoms with E-state index >= 15 is 0 Å². The third-order valence-electron chi connectivity index (χ3n) is 21.9. The van der Waals surface area contributed by atoms with Gasteiger partial charge in [0.15, 0.2) is 34.2 Å². The van der Waals surface area contributed by atoms with Gasteiger partial charge in [-0.25, -0.2) is 82.6 Å². The lowest BCUT2D eigenvalue weighted by Gasteiger charge is -2.31. The zero-order chi connectivity index (χ0) is 93.8. The Labute approximate surface area is 777 Å². The molecular weight excluding hydrogens is 1740 g/mol. The number of esters is 3. The Kier molecular flexibility index (Phi) is 26.8. The Hall–Kier alpha value is -16.9. The van der Waals surface area contributed by atoms with E-state index in [0.29, 0.717) is 107 Å².